The molecule has 0 aromatic heterocycles. The Morgan fingerprint density at radius 1 is 1.29 bits per heavy atom. The fourth-order valence-corrected chi connectivity index (χ4v) is 3.54. The van der Waals surface area contributed by atoms with E-state index in [1.807, 2.05) is 0 Å². The predicted molar refractivity (Wildman–Crippen MR) is 73.0 cm³/mol. The summed E-state index contributed by atoms with van der Waals surface area (Å²) < 4.78 is 22.6. The average molecular weight is 261 g/mol. The molecule has 1 atom stereocenters. The van der Waals surface area contributed by atoms with Gasteiger partial charge < -0.3 is 5.32 Å². The van der Waals surface area contributed by atoms with Crippen molar-refractivity contribution in [1.82, 2.24) is 5.32 Å². The molecule has 3 nitrogen and oxygen atoms in total. The molecule has 17 heavy (non-hydrogen) atoms. The SMILES string of the molecule is CCCNC(CCS(C)(=O)=O)C1(C)CCCC1. The standard InChI is InChI=1S/C13H27NO2S/c1-4-10-14-12(7-11-17(3,15)16)13(2)8-5-6-9-13/h12,14H,4-11H2,1-3H3. The highest BCUT2D eigenvalue weighted by Gasteiger charge is 2.36. The van der Waals surface area contributed by atoms with Crippen LogP contribution in [0.3, 0.4) is 0 Å². The first-order chi connectivity index (χ1) is 7.87. The van der Waals surface area contributed by atoms with Gasteiger partial charge in [-0.1, -0.05) is 26.7 Å². The molecule has 1 rings (SSSR count). The first-order valence-electron chi connectivity index (χ1n) is 6.78. The number of hydrogen-bond acceptors (Lipinski definition) is 3. The molecule has 1 saturated carbocycles. The van der Waals surface area contributed by atoms with E-state index < -0.39 is 9.84 Å². The molecule has 0 radical (unpaired) electrons. The van der Waals surface area contributed by atoms with Crippen LogP contribution in [0.15, 0.2) is 0 Å². The molecule has 0 aliphatic heterocycles. The van der Waals surface area contributed by atoms with Crippen LogP contribution in [0.25, 0.3) is 0 Å². The lowest BCUT2D eigenvalue weighted by Gasteiger charge is -2.35. The second kappa shape index (κ2) is 6.19. The molecule has 0 aromatic carbocycles. The minimum Gasteiger partial charge on any atom is -0.313 e. The molecule has 1 N–H and O–H groups in total. The molecule has 0 aromatic rings. The summed E-state index contributed by atoms with van der Waals surface area (Å²) in [5.41, 5.74) is 0.305. The van der Waals surface area contributed by atoms with Crippen molar-refractivity contribution < 1.29 is 8.42 Å². The van der Waals surface area contributed by atoms with E-state index in [1.165, 1.54) is 31.9 Å². The van der Waals surface area contributed by atoms with Gasteiger partial charge in [-0.3, -0.25) is 0 Å². The van der Waals surface area contributed by atoms with Crippen LogP contribution in [0, 0.1) is 5.41 Å². The Labute approximate surface area is 106 Å². The van der Waals surface area contributed by atoms with E-state index in [1.54, 1.807) is 0 Å². The van der Waals surface area contributed by atoms with Crippen molar-refractivity contribution in [3.8, 4) is 0 Å². The van der Waals surface area contributed by atoms with Crippen molar-refractivity contribution in [1.29, 1.82) is 0 Å². The molecule has 1 unspecified atom stereocenters. The third kappa shape index (κ3) is 4.96. The van der Waals surface area contributed by atoms with E-state index in [-0.39, 0.29) is 0 Å². The summed E-state index contributed by atoms with van der Waals surface area (Å²) in [6.07, 6.45) is 8.25. The van der Waals surface area contributed by atoms with Gasteiger partial charge in [0.05, 0.1) is 5.75 Å². The van der Waals surface area contributed by atoms with Gasteiger partial charge in [-0.15, -0.1) is 0 Å². The highest BCUT2D eigenvalue weighted by Crippen LogP contribution is 2.41. The van der Waals surface area contributed by atoms with Crippen molar-refractivity contribution in [2.45, 2.75) is 58.4 Å². The zero-order chi connectivity index (χ0) is 12.9. The van der Waals surface area contributed by atoms with Crippen molar-refractivity contribution in [2.75, 3.05) is 18.6 Å². The van der Waals surface area contributed by atoms with E-state index in [9.17, 15) is 8.42 Å². The van der Waals surface area contributed by atoms with Crippen LogP contribution in [0.5, 0.6) is 0 Å². The number of nitrogens with one attached hydrogen (secondary N) is 1. The highest BCUT2D eigenvalue weighted by atomic mass is 32.2. The molecular weight excluding hydrogens is 234 g/mol. The van der Waals surface area contributed by atoms with E-state index in [2.05, 4.69) is 19.2 Å². The number of sulfone groups is 1. The molecular formula is C13H27NO2S. The molecule has 0 spiro atoms. The minimum atomic E-state index is -2.84. The Morgan fingerprint density at radius 2 is 1.88 bits per heavy atom. The normalized spacial score (nSPS) is 21.6. The molecule has 0 saturated heterocycles. The lowest BCUT2D eigenvalue weighted by Crippen LogP contribution is -2.43. The lowest BCUT2D eigenvalue weighted by molar-refractivity contribution is 0.216. The molecule has 1 fully saturated rings. The summed E-state index contributed by atoms with van der Waals surface area (Å²) in [6.45, 7) is 5.46. The molecule has 1 aliphatic carbocycles. The van der Waals surface area contributed by atoms with Gasteiger partial charge in [0.1, 0.15) is 9.84 Å². The largest absolute Gasteiger partial charge is 0.313 e. The van der Waals surface area contributed by atoms with Gasteiger partial charge in [-0.2, -0.15) is 0 Å². The second-order valence-electron chi connectivity index (χ2n) is 5.79. The Hall–Kier alpha value is -0.0900. The average Bonchev–Trinajstić information content (AvgIpc) is 2.64. The summed E-state index contributed by atoms with van der Waals surface area (Å²) in [7, 11) is -2.84. The third-order valence-corrected chi connectivity index (χ3v) is 4.98. The fraction of sp³-hybridized carbons (Fsp3) is 1.00. The monoisotopic (exact) mass is 261 g/mol. The molecule has 0 amide bonds. The highest BCUT2D eigenvalue weighted by molar-refractivity contribution is 7.90. The van der Waals surface area contributed by atoms with E-state index in [0.29, 0.717) is 17.2 Å². The predicted octanol–water partition coefficient (Wildman–Crippen LogP) is 2.37. The summed E-state index contributed by atoms with van der Waals surface area (Å²) >= 11 is 0. The topological polar surface area (TPSA) is 46.2 Å². The third-order valence-electron chi connectivity index (χ3n) is 4.01. The minimum absolute atomic E-state index is 0.305. The van der Waals surface area contributed by atoms with E-state index in [4.69, 9.17) is 0 Å². The van der Waals surface area contributed by atoms with Crippen molar-refractivity contribution in [2.24, 2.45) is 5.41 Å². The summed E-state index contributed by atoms with van der Waals surface area (Å²) in [5.74, 6) is 0.309. The van der Waals surface area contributed by atoms with E-state index in [0.717, 1.165) is 19.4 Å². The molecule has 102 valence electrons. The summed E-state index contributed by atoms with van der Waals surface area (Å²) in [6, 6.07) is 0.361. The molecule has 1 aliphatic rings. The van der Waals surface area contributed by atoms with Gasteiger partial charge in [0.2, 0.25) is 0 Å². The maximum absolute atomic E-state index is 11.3. The van der Waals surface area contributed by atoms with Crippen LogP contribution in [0.2, 0.25) is 0 Å². The second-order valence-corrected chi connectivity index (χ2v) is 8.05. The fourth-order valence-electron chi connectivity index (χ4n) is 2.88. The van der Waals surface area contributed by atoms with Gasteiger partial charge in [-0.05, 0) is 37.6 Å². The Bertz CT molecular complexity index is 318. The van der Waals surface area contributed by atoms with Crippen molar-refractivity contribution in [3.05, 3.63) is 0 Å². The van der Waals surface area contributed by atoms with Gasteiger partial charge >= 0.3 is 0 Å². The zero-order valence-electron chi connectivity index (χ0n) is 11.5. The van der Waals surface area contributed by atoms with Gasteiger partial charge in [0, 0.05) is 12.3 Å². The van der Waals surface area contributed by atoms with Crippen LogP contribution in [-0.4, -0.2) is 33.0 Å². The molecule has 0 heterocycles. The van der Waals surface area contributed by atoms with Crippen molar-refractivity contribution in [3.63, 3.8) is 0 Å². The first kappa shape index (κ1) is 15.0. The zero-order valence-corrected chi connectivity index (χ0v) is 12.3. The Balaban J connectivity index is 2.59. The quantitative estimate of drug-likeness (QED) is 0.765. The van der Waals surface area contributed by atoms with Crippen molar-refractivity contribution >= 4 is 9.84 Å². The summed E-state index contributed by atoms with van der Waals surface area (Å²) in [4.78, 5) is 0. The molecule has 4 heteroatoms. The Kier molecular flexibility index (Phi) is 5.45. The van der Waals surface area contributed by atoms with Crippen LogP contribution in [-0.2, 0) is 9.84 Å². The maximum atomic E-state index is 11.3. The van der Waals surface area contributed by atoms with Crippen LogP contribution in [0.1, 0.15) is 52.4 Å². The lowest BCUT2D eigenvalue weighted by atomic mass is 9.79. The van der Waals surface area contributed by atoms with Gasteiger partial charge in [0.25, 0.3) is 0 Å². The molecule has 0 bridgehead atoms. The number of rotatable bonds is 7. The smallest absolute Gasteiger partial charge is 0.147 e. The van der Waals surface area contributed by atoms with Crippen LogP contribution in [0.4, 0.5) is 0 Å². The van der Waals surface area contributed by atoms with Crippen LogP contribution < -0.4 is 5.32 Å². The van der Waals surface area contributed by atoms with Crippen LogP contribution >= 0.6 is 0 Å². The first-order valence-corrected chi connectivity index (χ1v) is 8.84. The Morgan fingerprint density at radius 3 is 2.35 bits per heavy atom. The van der Waals surface area contributed by atoms with E-state index >= 15 is 0 Å². The van der Waals surface area contributed by atoms with Gasteiger partial charge in [0.15, 0.2) is 0 Å². The maximum Gasteiger partial charge on any atom is 0.147 e. The summed E-state index contributed by atoms with van der Waals surface area (Å²) in [5, 5.41) is 3.56. The number of hydrogen-bond donors (Lipinski definition) is 1. The van der Waals surface area contributed by atoms with Gasteiger partial charge in [-0.25, -0.2) is 8.42 Å².